The molecule has 2 aromatic rings. The van der Waals surface area contributed by atoms with E-state index in [0.29, 0.717) is 12.4 Å². The van der Waals surface area contributed by atoms with Crippen molar-refractivity contribution in [2.24, 2.45) is 0 Å². The van der Waals surface area contributed by atoms with E-state index in [0.717, 1.165) is 24.3 Å². The molecule has 2 aromatic heterocycles. The molecule has 1 aliphatic rings. The highest BCUT2D eigenvalue weighted by Crippen LogP contribution is 2.17. The number of amides is 1. The zero-order valence-corrected chi connectivity index (χ0v) is 12.9. The highest BCUT2D eigenvalue weighted by Gasteiger charge is 2.24. The van der Waals surface area contributed by atoms with Gasteiger partial charge in [-0.15, -0.1) is 16.4 Å². The molecule has 114 valence electrons. The largest absolute Gasteiger partial charge is 0.471 e. The quantitative estimate of drug-likeness (QED) is 0.814. The van der Waals surface area contributed by atoms with Gasteiger partial charge >= 0.3 is 0 Å². The van der Waals surface area contributed by atoms with Gasteiger partial charge in [0.05, 0.1) is 6.54 Å². The van der Waals surface area contributed by atoms with Crippen molar-refractivity contribution in [2.75, 3.05) is 13.1 Å². The number of hydrogen-bond donors (Lipinski definition) is 0. The van der Waals surface area contributed by atoms with Crippen molar-refractivity contribution in [3.8, 4) is 5.88 Å². The fraction of sp³-hybridized carbons (Fsp3) is 0.312. The molecule has 1 saturated heterocycles. The maximum absolute atomic E-state index is 12.3. The number of likely N-dealkylation sites (tertiary alicyclic amines) is 1. The van der Waals surface area contributed by atoms with Gasteiger partial charge in [-0.05, 0) is 36.4 Å². The third kappa shape index (κ3) is 3.92. The highest BCUT2D eigenvalue weighted by molar-refractivity contribution is 7.10. The summed E-state index contributed by atoms with van der Waals surface area (Å²) in [4.78, 5) is 15.2. The Kier molecular flexibility index (Phi) is 4.80. The molecule has 0 saturated carbocycles. The summed E-state index contributed by atoms with van der Waals surface area (Å²) >= 11 is 1.62. The van der Waals surface area contributed by atoms with Crippen molar-refractivity contribution in [2.45, 2.75) is 18.9 Å². The number of nitrogens with zero attached hydrogens (tertiary/aromatic N) is 3. The second kappa shape index (κ2) is 7.17. The summed E-state index contributed by atoms with van der Waals surface area (Å²) in [5.74, 6) is 0.539. The van der Waals surface area contributed by atoms with Gasteiger partial charge in [-0.2, -0.15) is 5.10 Å². The SMILES string of the molecule is O=C(/C=C/c1cccs1)N1CCC[C@H](Oc2cccnn2)C1. The fourth-order valence-electron chi connectivity index (χ4n) is 2.40. The average Bonchev–Trinajstić information content (AvgIpc) is 3.07. The van der Waals surface area contributed by atoms with Gasteiger partial charge in [0.1, 0.15) is 6.10 Å². The Morgan fingerprint density at radius 2 is 2.36 bits per heavy atom. The van der Waals surface area contributed by atoms with Gasteiger partial charge in [-0.1, -0.05) is 6.07 Å². The summed E-state index contributed by atoms with van der Waals surface area (Å²) in [6.07, 6.45) is 6.94. The number of aromatic nitrogens is 2. The Morgan fingerprint density at radius 1 is 1.41 bits per heavy atom. The van der Waals surface area contributed by atoms with E-state index in [1.165, 1.54) is 0 Å². The van der Waals surface area contributed by atoms with Gasteiger partial charge in [0.25, 0.3) is 0 Å². The van der Waals surface area contributed by atoms with Gasteiger partial charge in [-0.25, -0.2) is 0 Å². The lowest BCUT2D eigenvalue weighted by atomic mass is 10.1. The lowest BCUT2D eigenvalue weighted by Gasteiger charge is -2.31. The molecule has 6 heteroatoms. The first-order valence-corrected chi connectivity index (χ1v) is 8.14. The Labute approximate surface area is 133 Å². The molecule has 0 spiro atoms. The normalized spacial score (nSPS) is 18.5. The molecular weight excluding hydrogens is 298 g/mol. The van der Waals surface area contributed by atoms with Gasteiger partial charge in [0, 0.05) is 29.8 Å². The van der Waals surface area contributed by atoms with Crippen molar-refractivity contribution in [1.29, 1.82) is 0 Å². The first kappa shape index (κ1) is 14.7. The Hall–Kier alpha value is -2.21. The first-order chi connectivity index (χ1) is 10.8. The molecule has 3 heterocycles. The predicted octanol–water partition coefficient (Wildman–Crippen LogP) is 2.62. The second-order valence-electron chi connectivity index (χ2n) is 5.08. The summed E-state index contributed by atoms with van der Waals surface area (Å²) < 4.78 is 5.80. The van der Waals surface area contributed by atoms with Crippen LogP contribution in [0.2, 0.25) is 0 Å². The van der Waals surface area contributed by atoms with E-state index in [-0.39, 0.29) is 12.0 Å². The minimum absolute atomic E-state index is 0.0236. The number of thiophene rings is 1. The maximum atomic E-state index is 12.3. The third-order valence-corrected chi connectivity index (χ3v) is 4.30. The first-order valence-electron chi connectivity index (χ1n) is 7.26. The Balaban J connectivity index is 1.57. The minimum Gasteiger partial charge on any atom is -0.471 e. The molecular formula is C16H17N3O2S. The summed E-state index contributed by atoms with van der Waals surface area (Å²) in [6, 6.07) is 7.54. The molecule has 0 N–H and O–H groups in total. The number of carbonyl (C=O) groups is 1. The highest BCUT2D eigenvalue weighted by atomic mass is 32.1. The maximum Gasteiger partial charge on any atom is 0.246 e. The van der Waals surface area contributed by atoms with Crippen molar-refractivity contribution < 1.29 is 9.53 Å². The standard InChI is InChI=1S/C16H17N3O2S/c20-16(8-7-14-5-3-11-22-14)19-10-2-4-13(12-19)21-15-6-1-9-17-18-15/h1,3,5-9,11,13H,2,4,10,12H2/b8-7+/t13-/m0/s1. The van der Waals surface area contributed by atoms with Crippen LogP contribution in [0.3, 0.4) is 0 Å². The summed E-state index contributed by atoms with van der Waals surface area (Å²) in [6.45, 7) is 1.36. The van der Waals surface area contributed by atoms with Crippen LogP contribution >= 0.6 is 11.3 Å². The molecule has 22 heavy (non-hydrogen) atoms. The van der Waals surface area contributed by atoms with Crippen LogP contribution in [0.4, 0.5) is 0 Å². The summed E-state index contributed by atoms with van der Waals surface area (Å²) in [5, 5.41) is 9.72. The molecule has 0 unspecified atom stereocenters. The number of piperidine rings is 1. The predicted molar refractivity (Wildman–Crippen MR) is 85.6 cm³/mol. The van der Waals surface area contributed by atoms with Crippen molar-refractivity contribution in [1.82, 2.24) is 15.1 Å². The van der Waals surface area contributed by atoms with Crippen LogP contribution in [-0.4, -0.2) is 40.2 Å². The number of carbonyl (C=O) groups excluding carboxylic acids is 1. The fourth-order valence-corrected chi connectivity index (χ4v) is 3.02. The molecule has 0 radical (unpaired) electrons. The molecule has 0 aliphatic carbocycles. The lowest BCUT2D eigenvalue weighted by Crippen LogP contribution is -2.43. The zero-order valence-electron chi connectivity index (χ0n) is 12.1. The van der Waals surface area contributed by atoms with Crippen LogP contribution < -0.4 is 4.74 Å². The van der Waals surface area contributed by atoms with Gasteiger partial charge in [0.15, 0.2) is 0 Å². The van der Waals surface area contributed by atoms with Gasteiger partial charge < -0.3 is 9.64 Å². The van der Waals surface area contributed by atoms with Crippen LogP contribution in [0.25, 0.3) is 6.08 Å². The van der Waals surface area contributed by atoms with E-state index in [4.69, 9.17) is 4.74 Å². The summed E-state index contributed by atoms with van der Waals surface area (Å²) in [7, 11) is 0. The molecule has 1 aliphatic heterocycles. The molecule has 0 aromatic carbocycles. The monoisotopic (exact) mass is 315 g/mol. The zero-order chi connectivity index (χ0) is 15.2. The van der Waals surface area contributed by atoms with Gasteiger partial charge in [-0.3, -0.25) is 4.79 Å². The van der Waals surface area contributed by atoms with E-state index in [2.05, 4.69) is 10.2 Å². The van der Waals surface area contributed by atoms with Crippen LogP contribution in [0.1, 0.15) is 17.7 Å². The Bertz CT molecular complexity index is 628. The van der Waals surface area contributed by atoms with Crippen LogP contribution in [-0.2, 0) is 4.79 Å². The van der Waals surface area contributed by atoms with Gasteiger partial charge in [0.2, 0.25) is 11.8 Å². The second-order valence-corrected chi connectivity index (χ2v) is 6.06. The molecule has 5 nitrogen and oxygen atoms in total. The third-order valence-electron chi connectivity index (χ3n) is 3.46. The Morgan fingerprint density at radius 3 is 3.14 bits per heavy atom. The van der Waals surface area contributed by atoms with E-state index >= 15 is 0 Å². The average molecular weight is 315 g/mol. The minimum atomic E-state index is -0.0236. The van der Waals surface area contributed by atoms with Crippen molar-refractivity contribution in [3.05, 3.63) is 46.8 Å². The number of rotatable bonds is 4. The van der Waals surface area contributed by atoms with E-state index in [1.54, 1.807) is 35.7 Å². The molecule has 3 rings (SSSR count). The van der Waals surface area contributed by atoms with Crippen LogP contribution in [0, 0.1) is 0 Å². The van der Waals surface area contributed by atoms with E-state index < -0.39 is 0 Å². The van der Waals surface area contributed by atoms with Crippen molar-refractivity contribution in [3.63, 3.8) is 0 Å². The molecule has 0 bridgehead atoms. The topological polar surface area (TPSA) is 55.3 Å². The molecule has 1 atom stereocenters. The molecule has 1 fully saturated rings. The van der Waals surface area contributed by atoms with E-state index in [1.807, 2.05) is 28.5 Å². The van der Waals surface area contributed by atoms with Crippen molar-refractivity contribution >= 4 is 23.3 Å². The lowest BCUT2D eigenvalue weighted by molar-refractivity contribution is -0.128. The molecule has 1 amide bonds. The number of ether oxygens (including phenoxy) is 1. The van der Waals surface area contributed by atoms with Crippen LogP contribution in [0.15, 0.2) is 41.9 Å². The number of hydrogen-bond acceptors (Lipinski definition) is 5. The van der Waals surface area contributed by atoms with Crippen LogP contribution in [0.5, 0.6) is 5.88 Å². The van der Waals surface area contributed by atoms with E-state index in [9.17, 15) is 4.79 Å². The summed E-state index contributed by atoms with van der Waals surface area (Å²) in [5.41, 5.74) is 0. The smallest absolute Gasteiger partial charge is 0.246 e.